The highest BCUT2D eigenvalue weighted by Gasteiger charge is 2.35. The molecule has 1 aliphatic carbocycles. The third-order valence-electron chi connectivity index (χ3n) is 3.84. The van der Waals surface area contributed by atoms with Gasteiger partial charge in [0.15, 0.2) is 0 Å². The summed E-state index contributed by atoms with van der Waals surface area (Å²) < 4.78 is 0. The van der Waals surface area contributed by atoms with Crippen molar-refractivity contribution in [3.05, 3.63) is 36.6 Å². The van der Waals surface area contributed by atoms with Crippen molar-refractivity contribution in [3.8, 4) is 0 Å². The smallest absolute Gasteiger partial charge is 0.0323 e. The van der Waals surface area contributed by atoms with Crippen molar-refractivity contribution < 1.29 is 0 Å². The molecule has 21 heavy (non-hydrogen) atoms. The zero-order chi connectivity index (χ0) is 16.7. The molecule has 1 heteroatoms. The average molecular weight is 294 g/mol. The van der Waals surface area contributed by atoms with Gasteiger partial charge in [0, 0.05) is 24.7 Å². The maximum atomic E-state index is 3.86. The fourth-order valence-electron chi connectivity index (χ4n) is 2.81. The third kappa shape index (κ3) is 8.14. The molecule has 124 valence electrons. The van der Waals surface area contributed by atoms with Gasteiger partial charge in [0.05, 0.1) is 0 Å². The second kappa shape index (κ2) is 14.0. The Morgan fingerprint density at radius 3 is 1.81 bits per heavy atom. The van der Waals surface area contributed by atoms with Crippen LogP contribution in [0.2, 0.25) is 0 Å². The molecule has 0 aromatic heterocycles. The van der Waals surface area contributed by atoms with Crippen LogP contribution in [0.3, 0.4) is 0 Å². The van der Waals surface area contributed by atoms with Crippen LogP contribution in [-0.4, -0.2) is 18.5 Å². The Kier molecular flexibility index (Phi) is 14.8. The second-order valence-electron chi connectivity index (χ2n) is 5.22. The molecule has 1 nitrogen and oxygen atoms in total. The molecule has 2 rings (SSSR count). The fraction of sp³-hybridized carbons (Fsp3) is 0.700. The lowest BCUT2D eigenvalue weighted by molar-refractivity contribution is 0.225. The fourth-order valence-corrected chi connectivity index (χ4v) is 2.81. The highest BCUT2D eigenvalue weighted by atomic mass is 15.1. The molecule has 1 saturated carbocycles. The van der Waals surface area contributed by atoms with Gasteiger partial charge in [-0.25, -0.2) is 0 Å². The summed E-state index contributed by atoms with van der Waals surface area (Å²) in [4.78, 5) is 2.35. The van der Waals surface area contributed by atoms with E-state index in [1.165, 1.54) is 44.3 Å². The molecule has 0 unspecified atom stereocenters. The van der Waals surface area contributed by atoms with Gasteiger partial charge in [0.25, 0.3) is 0 Å². The van der Waals surface area contributed by atoms with E-state index in [4.69, 9.17) is 0 Å². The Hall–Kier alpha value is -0.980. The van der Waals surface area contributed by atoms with Gasteiger partial charge in [-0.05, 0) is 32.8 Å². The lowest BCUT2D eigenvalue weighted by atomic mass is 9.75. The van der Waals surface area contributed by atoms with Gasteiger partial charge >= 0.3 is 0 Å². The molecule has 1 heterocycles. The minimum Gasteiger partial charge on any atom is -0.374 e. The van der Waals surface area contributed by atoms with Crippen LogP contribution in [0.25, 0.3) is 0 Å². The lowest BCUT2D eigenvalue weighted by Gasteiger charge is -2.32. The quantitative estimate of drug-likeness (QED) is 0.493. The SMILES string of the molecule is C/C=C\C.C=CC1=CC2(CCCCC2)CN1C.CC.CC. The molecule has 0 aromatic carbocycles. The maximum absolute atomic E-state index is 3.86. The Labute approximate surface area is 134 Å². The first-order valence-corrected chi connectivity index (χ1v) is 8.81. The molecule has 0 atom stereocenters. The highest BCUT2D eigenvalue weighted by molar-refractivity contribution is 5.25. The van der Waals surface area contributed by atoms with Crippen molar-refractivity contribution >= 4 is 0 Å². The zero-order valence-electron chi connectivity index (χ0n) is 15.7. The molecule has 1 aliphatic heterocycles. The van der Waals surface area contributed by atoms with E-state index >= 15 is 0 Å². The summed E-state index contributed by atoms with van der Waals surface area (Å²) in [6.07, 6.45) is 15.5. The monoisotopic (exact) mass is 293 g/mol. The first-order valence-electron chi connectivity index (χ1n) is 8.81. The Balaban J connectivity index is 0. The first-order chi connectivity index (χ1) is 10.2. The predicted molar refractivity (Wildman–Crippen MR) is 99.6 cm³/mol. The normalized spacial score (nSPS) is 18.6. The number of hydrogen-bond donors (Lipinski definition) is 0. The van der Waals surface area contributed by atoms with Gasteiger partial charge in [-0.1, -0.05) is 71.8 Å². The second-order valence-corrected chi connectivity index (χ2v) is 5.22. The molecular formula is C20H39N. The summed E-state index contributed by atoms with van der Waals surface area (Å²) in [5.41, 5.74) is 1.85. The molecule has 1 spiro atoms. The van der Waals surface area contributed by atoms with Gasteiger partial charge in [-0.3, -0.25) is 0 Å². The van der Waals surface area contributed by atoms with E-state index in [1.54, 1.807) is 0 Å². The molecule has 0 amide bonds. The first kappa shape index (κ1) is 22.3. The average Bonchev–Trinajstić information content (AvgIpc) is 2.87. The van der Waals surface area contributed by atoms with Crippen molar-refractivity contribution in [2.75, 3.05) is 13.6 Å². The summed E-state index contributed by atoms with van der Waals surface area (Å²) in [6, 6.07) is 0. The number of hydrogen-bond acceptors (Lipinski definition) is 1. The highest BCUT2D eigenvalue weighted by Crippen LogP contribution is 2.43. The van der Waals surface area contributed by atoms with E-state index in [2.05, 4.69) is 24.6 Å². The van der Waals surface area contributed by atoms with Crippen LogP contribution < -0.4 is 0 Å². The molecular weight excluding hydrogens is 254 g/mol. The third-order valence-corrected chi connectivity index (χ3v) is 3.84. The molecule has 0 N–H and O–H groups in total. The van der Waals surface area contributed by atoms with Gasteiger partial charge in [-0.2, -0.15) is 0 Å². The van der Waals surface area contributed by atoms with Crippen LogP contribution in [0.4, 0.5) is 0 Å². The summed E-state index contributed by atoms with van der Waals surface area (Å²) in [5, 5.41) is 0. The number of rotatable bonds is 1. The summed E-state index contributed by atoms with van der Waals surface area (Å²) in [7, 11) is 2.18. The van der Waals surface area contributed by atoms with Crippen LogP contribution in [0.15, 0.2) is 36.6 Å². The Morgan fingerprint density at radius 2 is 1.48 bits per heavy atom. The van der Waals surface area contributed by atoms with Crippen molar-refractivity contribution in [1.29, 1.82) is 0 Å². The number of allylic oxidation sites excluding steroid dienone is 3. The van der Waals surface area contributed by atoms with E-state index in [0.717, 1.165) is 0 Å². The van der Waals surface area contributed by atoms with Gasteiger partial charge < -0.3 is 4.90 Å². The standard InChI is InChI=1S/C12H19N.C4H8.2C2H6/c1-3-11-9-12(10-13(11)2)7-5-4-6-8-12;1-3-4-2;2*1-2/h3,9H,1,4-8,10H2,2H3;3-4H,1-2H3;2*1-2H3/b;4-3-;;. The molecule has 1 fully saturated rings. The Bertz CT molecular complexity index is 289. The van der Waals surface area contributed by atoms with Crippen molar-refractivity contribution in [2.45, 2.75) is 73.6 Å². The zero-order valence-corrected chi connectivity index (χ0v) is 15.7. The van der Waals surface area contributed by atoms with Gasteiger partial charge in [0.2, 0.25) is 0 Å². The van der Waals surface area contributed by atoms with Gasteiger partial charge in [-0.15, -0.1) is 0 Å². The molecule has 0 saturated heterocycles. The van der Waals surface area contributed by atoms with E-state index in [0.29, 0.717) is 5.41 Å². The summed E-state index contributed by atoms with van der Waals surface area (Å²) >= 11 is 0. The minimum absolute atomic E-state index is 0.510. The minimum atomic E-state index is 0.510. The summed E-state index contributed by atoms with van der Waals surface area (Å²) in [5.74, 6) is 0. The summed E-state index contributed by atoms with van der Waals surface area (Å²) in [6.45, 7) is 17.1. The van der Waals surface area contributed by atoms with E-state index in [1.807, 2.05) is 59.8 Å². The van der Waals surface area contributed by atoms with Crippen LogP contribution in [-0.2, 0) is 0 Å². The topological polar surface area (TPSA) is 3.24 Å². The number of likely N-dealkylation sites (N-methyl/N-ethyl adjacent to an activating group) is 1. The van der Waals surface area contributed by atoms with E-state index in [-0.39, 0.29) is 0 Å². The predicted octanol–water partition coefficient (Wildman–Crippen LogP) is 6.59. The maximum Gasteiger partial charge on any atom is 0.0323 e. The molecule has 0 bridgehead atoms. The van der Waals surface area contributed by atoms with Crippen molar-refractivity contribution in [2.24, 2.45) is 5.41 Å². The lowest BCUT2D eigenvalue weighted by Crippen LogP contribution is -2.28. The van der Waals surface area contributed by atoms with E-state index in [9.17, 15) is 0 Å². The molecule has 0 radical (unpaired) electrons. The van der Waals surface area contributed by atoms with Crippen LogP contribution in [0.5, 0.6) is 0 Å². The molecule has 0 aromatic rings. The van der Waals surface area contributed by atoms with Crippen molar-refractivity contribution in [1.82, 2.24) is 4.90 Å². The van der Waals surface area contributed by atoms with Crippen LogP contribution in [0, 0.1) is 5.41 Å². The van der Waals surface area contributed by atoms with Gasteiger partial charge in [0.1, 0.15) is 0 Å². The Morgan fingerprint density at radius 1 is 1.00 bits per heavy atom. The van der Waals surface area contributed by atoms with Crippen molar-refractivity contribution in [3.63, 3.8) is 0 Å². The molecule has 2 aliphatic rings. The van der Waals surface area contributed by atoms with E-state index < -0.39 is 0 Å². The number of nitrogens with zero attached hydrogens (tertiary/aromatic N) is 1. The van der Waals surface area contributed by atoms with Crippen LogP contribution >= 0.6 is 0 Å². The largest absolute Gasteiger partial charge is 0.374 e. The van der Waals surface area contributed by atoms with Crippen LogP contribution in [0.1, 0.15) is 73.6 Å².